The molecule has 0 aliphatic carbocycles. The average molecular weight is 1280 g/mol. The maximum absolute atomic E-state index is 12.9. The molecule has 0 aromatic carbocycles. The molecular formula is C80H145NO8P+. The number of unbranched alkanes of at least 4 members (excludes halogenated alkanes) is 40. The van der Waals surface area contributed by atoms with E-state index in [4.69, 9.17) is 18.5 Å². The van der Waals surface area contributed by atoms with Crippen LogP contribution in [-0.4, -0.2) is 74.9 Å². The lowest BCUT2D eigenvalue weighted by atomic mass is 10.0. The van der Waals surface area contributed by atoms with Crippen LogP contribution in [0.1, 0.15) is 348 Å². The van der Waals surface area contributed by atoms with Gasteiger partial charge in [0.2, 0.25) is 0 Å². The summed E-state index contributed by atoms with van der Waals surface area (Å²) in [5.74, 6) is -0.806. The molecule has 0 amide bonds. The average Bonchev–Trinajstić information content (AvgIpc) is 3.58. The first kappa shape index (κ1) is 86.9. The molecular weight excluding hydrogens is 1130 g/mol. The molecule has 0 radical (unpaired) electrons. The minimum Gasteiger partial charge on any atom is -0.462 e. The van der Waals surface area contributed by atoms with Crippen LogP contribution in [0, 0.1) is 0 Å². The lowest BCUT2D eigenvalue weighted by Crippen LogP contribution is -2.37. The van der Waals surface area contributed by atoms with Crippen molar-refractivity contribution >= 4 is 19.8 Å². The van der Waals surface area contributed by atoms with E-state index in [9.17, 15) is 19.0 Å². The molecule has 2 unspecified atom stereocenters. The fourth-order valence-electron chi connectivity index (χ4n) is 10.9. The van der Waals surface area contributed by atoms with Crippen LogP contribution >= 0.6 is 7.82 Å². The molecule has 0 heterocycles. The van der Waals surface area contributed by atoms with Gasteiger partial charge in [0.25, 0.3) is 0 Å². The first-order chi connectivity index (χ1) is 44.0. The number of hydrogen-bond acceptors (Lipinski definition) is 7. The molecule has 90 heavy (non-hydrogen) atoms. The molecule has 0 spiro atoms. The Bertz CT molecular complexity index is 1840. The maximum Gasteiger partial charge on any atom is 0.472 e. The second-order valence-electron chi connectivity index (χ2n) is 26.7. The molecule has 10 heteroatoms. The van der Waals surface area contributed by atoms with E-state index in [0.29, 0.717) is 17.4 Å². The smallest absolute Gasteiger partial charge is 0.462 e. The number of ether oxygens (including phenoxy) is 2. The van der Waals surface area contributed by atoms with Gasteiger partial charge >= 0.3 is 19.8 Å². The van der Waals surface area contributed by atoms with E-state index in [1.54, 1.807) is 0 Å². The third-order valence-corrected chi connectivity index (χ3v) is 17.6. The van der Waals surface area contributed by atoms with Gasteiger partial charge in [-0.1, -0.05) is 355 Å². The molecule has 0 aromatic heterocycles. The molecule has 1 N–H and O–H groups in total. The van der Waals surface area contributed by atoms with Gasteiger partial charge in [0.1, 0.15) is 19.8 Å². The molecule has 0 fully saturated rings. The van der Waals surface area contributed by atoms with Gasteiger partial charge in [0, 0.05) is 12.8 Å². The van der Waals surface area contributed by atoms with Crippen LogP contribution < -0.4 is 0 Å². The molecule has 0 aliphatic heterocycles. The molecule has 0 bridgehead atoms. The zero-order valence-electron chi connectivity index (χ0n) is 59.6. The number of carbonyl (C=O) groups is 2. The number of allylic oxidation sites excluding steroid dienone is 16. The highest BCUT2D eigenvalue weighted by Crippen LogP contribution is 2.43. The molecule has 0 aromatic rings. The largest absolute Gasteiger partial charge is 0.472 e. The minimum absolute atomic E-state index is 0.0254. The number of carbonyl (C=O) groups excluding carboxylic acids is 2. The van der Waals surface area contributed by atoms with E-state index in [2.05, 4.69) is 111 Å². The van der Waals surface area contributed by atoms with Crippen molar-refractivity contribution in [3.05, 3.63) is 97.2 Å². The Morgan fingerprint density at radius 1 is 0.356 bits per heavy atom. The van der Waals surface area contributed by atoms with Gasteiger partial charge < -0.3 is 18.9 Å². The highest BCUT2D eigenvalue weighted by atomic mass is 31.2. The summed E-state index contributed by atoms with van der Waals surface area (Å²) >= 11 is 0. The van der Waals surface area contributed by atoms with E-state index in [1.807, 2.05) is 21.1 Å². The van der Waals surface area contributed by atoms with Crippen LogP contribution in [0.3, 0.4) is 0 Å². The highest BCUT2D eigenvalue weighted by Gasteiger charge is 2.27. The van der Waals surface area contributed by atoms with E-state index in [-0.39, 0.29) is 32.0 Å². The molecule has 0 saturated heterocycles. The quantitative estimate of drug-likeness (QED) is 0.0211. The number of hydrogen-bond donors (Lipinski definition) is 1. The predicted octanol–water partition coefficient (Wildman–Crippen LogP) is 25.1. The van der Waals surface area contributed by atoms with E-state index >= 15 is 0 Å². The summed E-state index contributed by atoms with van der Waals surface area (Å²) in [7, 11) is 1.47. The van der Waals surface area contributed by atoms with E-state index in [1.165, 1.54) is 205 Å². The molecule has 9 nitrogen and oxygen atoms in total. The minimum atomic E-state index is -4.40. The van der Waals surface area contributed by atoms with Crippen molar-refractivity contribution in [3.8, 4) is 0 Å². The Labute approximate surface area is 557 Å². The summed E-state index contributed by atoms with van der Waals surface area (Å²) in [6, 6.07) is 0. The summed E-state index contributed by atoms with van der Waals surface area (Å²) < 4.78 is 34.8. The standard InChI is InChI=1S/C80H144NO8P/c1-6-8-10-12-14-16-18-20-22-24-26-28-30-32-34-36-38-39-40-41-43-44-46-48-50-52-54-56-58-60-62-64-66-68-70-72-79(82)86-76-78(77-88-90(84,85)87-75-74-81(3,4)5)89-80(83)73-71-69-67-65-63-61-59-57-55-53-51-49-47-45-42-37-35-33-31-29-27-25-23-21-19-17-15-13-11-9-7-2/h9,11,15,17,21,23,27,29,33,35,42,45,49,51,55,57,78H,6-8,10,12-14,16,18-20,22,24-26,28,30-32,34,36-41,43-44,46-48,50,52-54,56,58-77H2,1-5H3/p+1/b11-9-,17-15-,23-21-,29-27-,35-33-,45-42-,51-49-,57-55-. The Balaban J connectivity index is 4.02. The SMILES string of the molecule is CC/C=C\C/C=C\C/C=C\C/C=C\C/C=C\C/C=C\C/C=C\C/C=C\CCCCCCCCC(=O)OC(COC(=O)CCCCCCCCCCCCCCCCCCCCCCCCCCCCCCCCCCCCC)COP(=O)(O)OCC[N+](C)(C)C. The van der Waals surface area contributed by atoms with Crippen LogP contribution in [0.15, 0.2) is 97.2 Å². The maximum atomic E-state index is 12.9. The first-order valence-electron chi connectivity index (χ1n) is 38.0. The lowest BCUT2D eigenvalue weighted by molar-refractivity contribution is -0.870. The number of phosphoric ester groups is 1. The predicted molar refractivity (Wildman–Crippen MR) is 390 cm³/mol. The number of rotatable bonds is 70. The topological polar surface area (TPSA) is 108 Å². The fourth-order valence-corrected chi connectivity index (χ4v) is 11.6. The number of quaternary nitrogens is 1. The van der Waals surface area contributed by atoms with Gasteiger partial charge in [-0.15, -0.1) is 0 Å². The molecule has 0 saturated carbocycles. The van der Waals surface area contributed by atoms with Crippen LogP contribution in [0.25, 0.3) is 0 Å². The lowest BCUT2D eigenvalue weighted by Gasteiger charge is -2.24. The van der Waals surface area contributed by atoms with Gasteiger partial charge in [-0.2, -0.15) is 0 Å². The molecule has 0 aliphatic rings. The fraction of sp³-hybridized carbons (Fsp3) is 0.775. The van der Waals surface area contributed by atoms with Gasteiger partial charge in [-0.25, -0.2) is 4.57 Å². The van der Waals surface area contributed by atoms with Crippen LogP contribution in [0.2, 0.25) is 0 Å². The van der Waals surface area contributed by atoms with Gasteiger partial charge in [0.15, 0.2) is 6.10 Å². The third-order valence-electron chi connectivity index (χ3n) is 16.6. The highest BCUT2D eigenvalue weighted by molar-refractivity contribution is 7.47. The summed E-state index contributed by atoms with van der Waals surface area (Å²) in [5.41, 5.74) is 0. The number of phosphoric acid groups is 1. The van der Waals surface area contributed by atoms with Crippen molar-refractivity contribution in [3.63, 3.8) is 0 Å². The second-order valence-corrected chi connectivity index (χ2v) is 28.1. The monoisotopic (exact) mass is 1280 g/mol. The Morgan fingerprint density at radius 2 is 0.633 bits per heavy atom. The first-order valence-corrected chi connectivity index (χ1v) is 39.5. The molecule has 522 valence electrons. The second kappa shape index (κ2) is 70.3. The van der Waals surface area contributed by atoms with Crippen LogP contribution in [-0.2, 0) is 32.7 Å². The van der Waals surface area contributed by atoms with Gasteiger partial charge in [-0.3, -0.25) is 18.6 Å². The zero-order valence-corrected chi connectivity index (χ0v) is 60.5. The Kier molecular flexibility index (Phi) is 67.9. The zero-order chi connectivity index (χ0) is 65.5. The van der Waals surface area contributed by atoms with Crippen molar-refractivity contribution in [2.24, 2.45) is 0 Å². The molecule has 2 atom stereocenters. The summed E-state index contributed by atoms with van der Waals surface area (Å²) in [4.78, 5) is 35.9. The number of esters is 2. The number of nitrogens with zero attached hydrogens (tertiary/aromatic N) is 1. The van der Waals surface area contributed by atoms with Gasteiger partial charge in [-0.05, 0) is 77.0 Å². The number of likely N-dealkylation sites (N-methyl/N-ethyl adjacent to an activating group) is 1. The third kappa shape index (κ3) is 74.0. The Hall–Kier alpha value is -3.07. The molecule has 0 rings (SSSR count). The van der Waals surface area contributed by atoms with Crippen molar-refractivity contribution in [2.75, 3.05) is 47.5 Å². The van der Waals surface area contributed by atoms with Crippen molar-refractivity contribution in [1.29, 1.82) is 0 Å². The van der Waals surface area contributed by atoms with E-state index < -0.39 is 26.5 Å². The van der Waals surface area contributed by atoms with Crippen molar-refractivity contribution < 1.29 is 42.1 Å². The van der Waals surface area contributed by atoms with Crippen molar-refractivity contribution in [1.82, 2.24) is 0 Å². The van der Waals surface area contributed by atoms with Crippen molar-refractivity contribution in [2.45, 2.75) is 354 Å². The van der Waals surface area contributed by atoms with Crippen LogP contribution in [0.5, 0.6) is 0 Å². The normalized spacial score (nSPS) is 13.6. The van der Waals surface area contributed by atoms with E-state index in [0.717, 1.165) is 109 Å². The Morgan fingerprint density at radius 3 is 0.944 bits per heavy atom. The summed E-state index contributed by atoms with van der Waals surface area (Å²) in [6.45, 7) is 4.34. The van der Waals surface area contributed by atoms with Crippen LogP contribution in [0.4, 0.5) is 0 Å². The summed E-state index contributed by atoms with van der Waals surface area (Å²) in [5, 5.41) is 0. The van der Waals surface area contributed by atoms with Gasteiger partial charge in [0.05, 0.1) is 27.7 Å². The summed E-state index contributed by atoms with van der Waals surface area (Å²) in [6.07, 6.45) is 98.3.